The molecule has 2 heterocycles. The molecule has 1 N–H and O–H groups in total. The molecule has 0 fully saturated rings. The van der Waals surface area contributed by atoms with Gasteiger partial charge in [-0.15, -0.1) is 0 Å². The number of pyridine rings is 1. The molecular weight excluding hydrogens is 238 g/mol. The van der Waals surface area contributed by atoms with Crippen LogP contribution in [0.1, 0.15) is 25.5 Å². The van der Waals surface area contributed by atoms with Crippen molar-refractivity contribution in [2.45, 2.75) is 26.4 Å². The zero-order valence-electron chi connectivity index (χ0n) is 12.0. The summed E-state index contributed by atoms with van der Waals surface area (Å²) in [7, 11) is 3.97. The Labute approximate surface area is 114 Å². The molecule has 5 nitrogen and oxygen atoms in total. The lowest BCUT2D eigenvalue weighted by atomic mass is 10.2. The largest absolute Gasteiger partial charge is 0.377 e. The second kappa shape index (κ2) is 5.73. The minimum absolute atomic E-state index is 0.215. The number of aryl methyl sites for hydroxylation is 1. The van der Waals surface area contributed by atoms with Crippen LogP contribution in [0.3, 0.4) is 0 Å². The molecule has 19 heavy (non-hydrogen) atoms. The first-order chi connectivity index (χ1) is 9.10. The lowest BCUT2D eigenvalue weighted by Gasteiger charge is -2.15. The summed E-state index contributed by atoms with van der Waals surface area (Å²) in [5.74, 6) is 0.956. The Hall–Kier alpha value is -2.04. The van der Waals surface area contributed by atoms with Crippen LogP contribution in [-0.4, -0.2) is 28.9 Å². The van der Waals surface area contributed by atoms with Gasteiger partial charge in [0.05, 0.1) is 24.1 Å². The van der Waals surface area contributed by atoms with Crippen molar-refractivity contribution >= 4 is 11.5 Å². The maximum absolute atomic E-state index is 4.39. The van der Waals surface area contributed by atoms with Crippen LogP contribution in [0.15, 0.2) is 30.7 Å². The smallest absolute Gasteiger partial charge is 0.128 e. The van der Waals surface area contributed by atoms with E-state index in [0.29, 0.717) is 0 Å². The topological polar surface area (TPSA) is 46.0 Å². The molecule has 0 saturated carbocycles. The number of nitrogens with zero attached hydrogens (tertiary/aromatic N) is 4. The van der Waals surface area contributed by atoms with Crippen molar-refractivity contribution in [2.75, 3.05) is 24.3 Å². The second-order valence-electron chi connectivity index (χ2n) is 4.79. The molecule has 2 aromatic heterocycles. The van der Waals surface area contributed by atoms with Crippen LogP contribution in [0.4, 0.5) is 11.5 Å². The maximum Gasteiger partial charge on any atom is 0.128 e. The minimum atomic E-state index is 0.215. The lowest BCUT2D eigenvalue weighted by Crippen LogP contribution is -2.11. The van der Waals surface area contributed by atoms with Crippen LogP contribution in [0.5, 0.6) is 0 Å². The molecule has 0 aliphatic carbocycles. The molecule has 0 radical (unpaired) electrons. The van der Waals surface area contributed by atoms with E-state index in [1.807, 2.05) is 48.2 Å². The van der Waals surface area contributed by atoms with Gasteiger partial charge in [-0.25, -0.2) is 4.98 Å². The van der Waals surface area contributed by atoms with Crippen molar-refractivity contribution < 1.29 is 0 Å². The van der Waals surface area contributed by atoms with E-state index in [0.717, 1.165) is 18.1 Å². The molecule has 2 rings (SSSR count). The molecule has 0 bridgehead atoms. The number of nitrogens with one attached hydrogen (secondary N) is 1. The van der Waals surface area contributed by atoms with E-state index in [1.165, 1.54) is 5.56 Å². The molecule has 0 amide bonds. The lowest BCUT2D eigenvalue weighted by molar-refractivity contribution is 0.658. The molecule has 102 valence electrons. The van der Waals surface area contributed by atoms with Gasteiger partial charge in [-0.05, 0) is 26.0 Å². The number of hydrogen-bond acceptors (Lipinski definition) is 4. The van der Waals surface area contributed by atoms with Crippen LogP contribution < -0.4 is 10.2 Å². The van der Waals surface area contributed by atoms with E-state index < -0.39 is 0 Å². The molecule has 0 aliphatic rings. The highest BCUT2D eigenvalue weighted by atomic mass is 15.3. The molecule has 0 spiro atoms. The van der Waals surface area contributed by atoms with Crippen molar-refractivity contribution in [3.05, 3.63) is 36.3 Å². The van der Waals surface area contributed by atoms with Gasteiger partial charge < -0.3 is 10.2 Å². The van der Waals surface area contributed by atoms with E-state index in [1.54, 1.807) is 0 Å². The summed E-state index contributed by atoms with van der Waals surface area (Å²) < 4.78 is 1.93. The molecule has 0 aromatic carbocycles. The molecule has 0 aliphatic heterocycles. The number of rotatable bonds is 5. The fourth-order valence-electron chi connectivity index (χ4n) is 1.85. The monoisotopic (exact) mass is 259 g/mol. The maximum atomic E-state index is 4.39. The predicted octanol–water partition coefficient (Wildman–Crippen LogP) is 2.54. The molecule has 2 aromatic rings. The Morgan fingerprint density at radius 2 is 2.11 bits per heavy atom. The van der Waals surface area contributed by atoms with Gasteiger partial charge in [0.2, 0.25) is 0 Å². The predicted molar refractivity (Wildman–Crippen MR) is 78.5 cm³/mol. The average Bonchev–Trinajstić information content (AvgIpc) is 2.88. The molecule has 5 heteroatoms. The van der Waals surface area contributed by atoms with Crippen LogP contribution in [0, 0.1) is 0 Å². The van der Waals surface area contributed by atoms with E-state index in [9.17, 15) is 0 Å². The van der Waals surface area contributed by atoms with Gasteiger partial charge in [-0.1, -0.05) is 0 Å². The number of aromatic nitrogens is 3. The Morgan fingerprint density at radius 3 is 2.63 bits per heavy atom. The minimum Gasteiger partial charge on any atom is -0.377 e. The van der Waals surface area contributed by atoms with Gasteiger partial charge in [0.25, 0.3) is 0 Å². The second-order valence-corrected chi connectivity index (χ2v) is 4.79. The third kappa shape index (κ3) is 3.24. The van der Waals surface area contributed by atoms with Gasteiger partial charge in [0.1, 0.15) is 5.82 Å². The average molecular weight is 259 g/mol. The van der Waals surface area contributed by atoms with E-state index >= 15 is 0 Å². The third-order valence-corrected chi connectivity index (χ3v) is 3.07. The van der Waals surface area contributed by atoms with E-state index in [-0.39, 0.29) is 6.04 Å². The van der Waals surface area contributed by atoms with Crippen LogP contribution >= 0.6 is 0 Å². The number of hydrogen-bond donors (Lipinski definition) is 1. The summed E-state index contributed by atoms with van der Waals surface area (Å²) in [4.78, 5) is 6.37. The van der Waals surface area contributed by atoms with E-state index in [2.05, 4.69) is 35.4 Å². The fourth-order valence-corrected chi connectivity index (χ4v) is 1.85. The molecule has 0 saturated heterocycles. The van der Waals surface area contributed by atoms with Gasteiger partial charge in [-0.2, -0.15) is 5.10 Å². The summed E-state index contributed by atoms with van der Waals surface area (Å²) >= 11 is 0. The molecule has 1 atom stereocenters. The van der Waals surface area contributed by atoms with Crippen LogP contribution in [0.25, 0.3) is 0 Å². The van der Waals surface area contributed by atoms with Gasteiger partial charge in [0.15, 0.2) is 0 Å². The van der Waals surface area contributed by atoms with Gasteiger partial charge in [-0.3, -0.25) is 4.68 Å². The SMILES string of the molecule is CCn1cc(C(C)Nc2ccc(N(C)C)nc2)cn1. The highest BCUT2D eigenvalue weighted by Crippen LogP contribution is 2.19. The standard InChI is InChI=1S/C14H21N5/c1-5-19-10-12(8-16-19)11(2)17-13-6-7-14(15-9-13)18(3)4/h6-11,17H,5H2,1-4H3. The Balaban J connectivity index is 2.03. The summed E-state index contributed by atoms with van der Waals surface area (Å²) in [6.45, 7) is 5.10. The summed E-state index contributed by atoms with van der Waals surface area (Å²) in [6, 6.07) is 4.26. The van der Waals surface area contributed by atoms with Crippen molar-refractivity contribution in [1.29, 1.82) is 0 Å². The van der Waals surface area contributed by atoms with Crippen molar-refractivity contribution in [3.63, 3.8) is 0 Å². The molecular formula is C14H21N5. The Morgan fingerprint density at radius 1 is 1.32 bits per heavy atom. The zero-order chi connectivity index (χ0) is 13.8. The normalized spacial score (nSPS) is 12.2. The first-order valence-corrected chi connectivity index (χ1v) is 6.52. The van der Waals surface area contributed by atoms with Crippen molar-refractivity contribution in [2.24, 2.45) is 0 Å². The first kappa shape index (κ1) is 13.4. The van der Waals surface area contributed by atoms with Gasteiger partial charge in [0, 0.05) is 32.4 Å². The van der Waals surface area contributed by atoms with Crippen LogP contribution in [0.2, 0.25) is 0 Å². The quantitative estimate of drug-likeness (QED) is 0.896. The Kier molecular flexibility index (Phi) is 4.04. The van der Waals surface area contributed by atoms with Crippen molar-refractivity contribution in [1.82, 2.24) is 14.8 Å². The Bertz CT molecular complexity index is 515. The fraction of sp³-hybridized carbons (Fsp3) is 0.429. The van der Waals surface area contributed by atoms with E-state index in [4.69, 9.17) is 0 Å². The van der Waals surface area contributed by atoms with Gasteiger partial charge >= 0.3 is 0 Å². The highest BCUT2D eigenvalue weighted by Gasteiger charge is 2.08. The summed E-state index contributed by atoms with van der Waals surface area (Å²) in [5.41, 5.74) is 2.20. The molecule has 1 unspecified atom stereocenters. The van der Waals surface area contributed by atoms with Crippen LogP contribution in [-0.2, 0) is 6.54 Å². The summed E-state index contributed by atoms with van der Waals surface area (Å²) in [6.07, 6.45) is 5.83. The highest BCUT2D eigenvalue weighted by molar-refractivity contribution is 5.49. The summed E-state index contributed by atoms with van der Waals surface area (Å²) in [5, 5.41) is 7.72. The first-order valence-electron chi connectivity index (χ1n) is 6.52. The number of anilines is 2. The third-order valence-electron chi connectivity index (χ3n) is 3.07. The van der Waals surface area contributed by atoms with Crippen molar-refractivity contribution in [3.8, 4) is 0 Å². The zero-order valence-corrected chi connectivity index (χ0v) is 12.0.